The van der Waals surface area contributed by atoms with Crippen LogP contribution < -0.4 is 10.6 Å². The number of benzene rings is 1. The van der Waals surface area contributed by atoms with Crippen molar-refractivity contribution in [2.75, 3.05) is 25.4 Å². The van der Waals surface area contributed by atoms with E-state index in [1.54, 1.807) is 6.26 Å². The molecular weight excluding hydrogens is 433 g/mol. The van der Waals surface area contributed by atoms with Gasteiger partial charge in [0.25, 0.3) is 0 Å². The van der Waals surface area contributed by atoms with E-state index in [0.29, 0.717) is 13.1 Å². The number of halogens is 1. The van der Waals surface area contributed by atoms with Gasteiger partial charge in [-0.05, 0) is 24.3 Å². The van der Waals surface area contributed by atoms with Gasteiger partial charge in [-0.3, -0.25) is 4.99 Å². The second-order valence-corrected chi connectivity index (χ2v) is 5.99. The summed E-state index contributed by atoms with van der Waals surface area (Å²) in [4.78, 5) is 5.84. The first-order valence-corrected chi connectivity index (χ1v) is 8.70. The van der Waals surface area contributed by atoms with E-state index in [-0.39, 0.29) is 24.0 Å². The van der Waals surface area contributed by atoms with Crippen molar-refractivity contribution >= 4 is 41.7 Å². The SMILES string of the molecule is C=CCNC(=NCCc1ccco1)NCCSc1ccccc1.I. The normalized spacial score (nSPS) is 10.8. The van der Waals surface area contributed by atoms with Gasteiger partial charge < -0.3 is 15.1 Å². The molecule has 2 N–H and O–H groups in total. The van der Waals surface area contributed by atoms with E-state index >= 15 is 0 Å². The summed E-state index contributed by atoms with van der Waals surface area (Å²) >= 11 is 1.83. The van der Waals surface area contributed by atoms with Crippen molar-refractivity contribution in [1.82, 2.24) is 10.6 Å². The maximum absolute atomic E-state index is 5.31. The quantitative estimate of drug-likeness (QED) is 0.150. The Morgan fingerprint density at radius 1 is 1.17 bits per heavy atom. The van der Waals surface area contributed by atoms with Gasteiger partial charge in [0.1, 0.15) is 5.76 Å². The lowest BCUT2D eigenvalue weighted by molar-refractivity contribution is 0.511. The van der Waals surface area contributed by atoms with Crippen LogP contribution in [0.2, 0.25) is 0 Å². The van der Waals surface area contributed by atoms with E-state index in [1.807, 2.05) is 36.0 Å². The third-order valence-electron chi connectivity index (χ3n) is 3.03. The van der Waals surface area contributed by atoms with E-state index in [9.17, 15) is 0 Å². The first kappa shape index (κ1) is 20.6. The number of nitrogens with one attached hydrogen (secondary N) is 2. The van der Waals surface area contributed by atoms with Crippen LogP contribution >= 0.6 is 35.7 Å². The number of furan rings is 1. The third kappa shape index (κ3) is 8.44. The van der Waals surface area contributed by atoms with Gasteiger partial charge in [-0.2, -0.15) is 0 Å². The van der Waals surface area contributed by atoms with Crippen molar-refractivity contribution in [1.29, 1.82) is 0 Å². The van der Waals surface area contributed by atoms with Crippen molar-refractivity contribution in [2.45, 2.75) is 11.3 Å². The zero-order valence-electron chi connectivity index (χ0n) is 13.6. The molecule has 1 heterocycles. The minimum absolute atomic E-state index is 0. The van der Waals surface area contributed by atoms with Gasteiger partial charge in [0.05, 0.1) is 6.26 Å². The average Bonchev–Trinajstić information content (AvgIpc) is 3.10. The van der Waals surface area contributed by atoms with Crippen molar-refractivity contribution in [2.24, 2.45) is 4.99 Å². The molecule has 0 aliphatic carbocycles. The van der Waals surface area contributed by atoms with Crippen molar-refractivity contribution in [3.05, 3.63) is 67.1 Å². The Morgan fingerprint density at radius 3 is 2.71 bits per heavy atom. The monoisotopic (exact) mass is 457 g/mol. The highest BCUT2D eigenvalue weighted by Gasteiger charge is 1.99. The summed E-state index contributed by atoms with van der Waals surface area (Å²) in [5.74, 6) is 2.75. The molecule has 2 rings (SSSR count). The molecule has 2 aromatic rings. The molecule has 6 heteroatoms. The van der Waals surface area contributed by atoms with Gasteiger partial charge in [-0.15, -0.1) is 42.3 Å². The molecule has 1 aromatic carbocycles. The fraction of sp³-hybridized carbons (Fsp3) is 0.278. The van der Waals surface area contributed by atoms with Crippen LogP contribution in [0.4, 0.5) is 0 Å². The van der Waals surface area contributed by atoms with Crippen LogP contribution in [0.3, 0.4) is 0 Å². The fourth-order valence-electron chi connectivity index (χ4n) is 1.93. The second kappa shape index (κ2) is 12.9. The molecule has 0 radical (unpaired) electrons. The predicted molar refractivity (Wildman–Crippen MR) is 113 cm³/mol. The van der Waals surface area contributed by atoms with Crippen LogP contribution in [0.25, 0.3) is 0 Å². The molecule has 0 unspecified atom stereocenters. The zero-order chi connectivity index (χ0) is 16.2. The minimum atomic E-state index is 0. The first-order valence-electron chi connectivity index (χ1n) is 7.72. The van der Waals surface area contributed by atoms with Gasteiger partial charge in [0.2, 0.25) is 0 Å². The molecule has 0 bridgehead atoms. The summed E-state index contributed by atoms with van der Waals surface area (Å²) in [6, 6.07) is 14.3. The number of hydrogen-bond donors (Lipinski definition) is 2. The Morgan fingerprint density at radius 2 is 2.00 bits per heavy atom. The Bertz CT molecular complexity index is 588. The molecule has 1 aromatic heterocycles. The molecule has 0 aliphatic rings. The molecule has 0 aliphatic heterocycles. The Kier molecular flexibility index (Phi) is 11.1. The minimum Gasteiger partial charge on any atom is -0.469 e. The molecule has 130 valence electrons. The number of aliphatic imine (C=N–C) groups is 1. The largest absolute Gasteiger partial charge is 0.469 e. The van der Waals surface area contributed by atoms with Crippen LogP contribution in [-0.4, -0.2) is 31.3 Å². The lowest BCUT2D eigenvalue weighted by atomic mass is 10.3. The maximum atomic E-state index is 5.31. The Labute approximate surface area is 165 Å². The van der Waals surface area contributed by atoms with E-state index in [1.165, 1.54) is 4.90 Å². The molecule has 0 amide bonds. The first-order chi connectivity index (χ1) is 11.4. The van der Waals surface area contributed by atoms with Gasteiger partial charge in [0, 0.05) is 36.7 Å². The lowest BCUT2D eigenvalue weighted by Gasteiger charge is -2.11. The van der Waals surface area contributed by atoms with Gasteiger partial charge in [0.15, 0.2) is 5.96 Å². The molecular formula is C18H24IN3OS. The van der Waals surface area contributed by atoms with Crippen molar-refractivity contribution in [3.8, 4) is 0 Å². The number of thioether (sulfide) groups is 1. The second-order valence-electron chi connectivity index (χ2n) is 4.82. The smallest absolute Gasteiger partial charge is 0.191 e. The number of nitrogens with zero attached hydrogens (tertiary/aromatic N) is 1. The Hall–Kier alpha value is -1.41. The van der Waals surface area contributed by atoms with Gasteiger partial charge >= 0.3 is 0 Å². The summed E-state index contributed by atoms with van der Waals surface area (Å²) in [6.07, 6.45) is 4.31. The van der Waals surface area contributed by atoms with Crippen molar-refractivity contribution < 1.29 is 4.42 Å². The number of guanidine groups is 1. The van der Waals surface area contributed by atoms with Crippen LogP contribution in [0, 0.1) is 0 Å². The highest BCUT2D eigenvalue weighted by atomic mass is 127. The maximum Gasteiger partial charge on any atom is 0.191 e. The zero-order valence-corrected chi connectivity index (χ0v) is 16.8. The molecule has 24 heavy (non-hydrogen) atoms. The summed E-state index contributed by atoms with van der Waals surface area (Å²) in [5.41, 5.74) is 0. The summed E-state index contributed by atoms with van der Waals surface area (Å²) in [7, 11) is 0. The van der Waals surface area contributed by atoms with E-state index in [0.717, 1.165) is 30.4 Å². The van der Waals surface area contributed by atoms with Crippen molar-refractivity contribution in [3.63, 3.8) is 0 Å². The third-order valence-corrected chi connectivity index (χ3v) is 4.04. The van der Waals surface area contributed by atoms with Crippen LogP contribution in [0.1, 0.15) is 5.76 Å². The molecule has 0 saturated heterocycles. The topological polar surface area (TPSA) is 49.6 Å². The van der Waals surface area contributed by atoms with E-state index < -0.39 is 0 Å². The molecule has 0 fully saturated rings. The highest BCUT2D eigenvalue weighted by molar-refractivity contribution is 14.0. The Balaban J connectivity index is 0.00000288. The van der Waals surface area contributed by atoms with Crippen LogP contribution in [0.15, 0.2) is 75.7 Å². The van der Waals surface area contributed by atoms with Crippen LogP contribution in [0.5, 0.6) is 0 Å². The number of rotatable bonds is 9. The molecule has 0 atom stereocenters. The summed E-state index contributed by atoms with van der Waals surface area (Å²) < 4.78 is 5.31. The molecule has 0 spiro atoms. The fourth-order valence-corrected chi connectivity index (χ4v) is 2.72. The summed E-state index contributed by atoms with van der Waals surface area (Å²) in [6.45, 7) is 5.95. The van der Waals surface area contributed by atoms with Gasteiger partial charge in [-0.25, -0.2) is 0 Å². The van der Waals surface area contributed by atoms with Crippen LogP contribution in [-0.2, 0) is 6.42 Å². The highest BCUT2D eigenvalue weighted by Crippen LogP contribution is 2.15. The standard InChI is InChI=1S/C18H23N3OS.HI/c1-2-11-19-18(20-12-10-16-7-6-14-22-16)21-13-15-23-17-8-4-3-5-9-17;/h2-9,14H,1,10-13,15H2,(H2,19,20,21);1H. The summed E-state index contributed by atoms with van der Waals surface area (Å²) in [5, 5.41) is 6.57. The number of hydrogen-bond acceptors (Lipinski definition) is 3. The van der Waals surface area contributed by atoms with E-state index in [4.69, 9.17) is 4.42 Å². The average molecular weight is 457 g/mol. The molecule has 0 saturated carbocycles. The lowest BCUT2D eigenvalue weighted by Crippen LogP contribution is -2.38. The van der Waals surface area contributed by atoms with Gasteiger partial charge in [-0.1, -0.05) is 24.3 Å². The molecule has 4 nitrogen and oxygen atoms in total. The predicted octanol–water partition coefficient (Wildman–Crippen LogP) is 3.95. The van der Waals surface area contributed by atoms with E-state index in [2.05, 4.69) is 46.5 Å².